The summed E-state index contributed by atoms with van der Waals surface area (Å²) in [5.41, 5.74) is 2.40. The molecule has 0 bridgehead atoms. The monoisotopic (exact) mass is 389 g/mol. The van der Waals surface area contributed by atoms with Gasteiger partial charge in [0.25, 0.3) is 0 Å². The summed E-state index contributed by atoms with van der Waals surface area (Å²) in [6.07, 6.45) is 9.70. The van der Waals surface area contributed by atoms with E-state index in [0.29, 0.717) is 0 Å². The summed E-state index contributed by atoms with van der Waals surface area (Å²) in [5, 5.41) is 0. The van der Waals surface area contributed by atoms with Crippen LogP contribution in [0.15, 0.2) is 48.1 Å². The van der Waals surface area contributed by atoms with E-state index in [1.807, 2.05) is 0 Å². The normalized spacial score (nSPS) is 15.9. The van der Waals surface area contributed by atoms with E-state index in [1.165, 1.54) is 11.1 Å². The molecule has 119 valence electrons. The minimum atomic E-state index is -0.183. The molecule has 0 fully saturated rings. The molecule has 0 heterocycles. The number of hydrogen-bond donors (Lipinski definition) is 0. The van der Waals surface area contributed by atoms with E-state index in [-0.39, 0.29) is 57.5 Å². The first-order chi connectivity index (χ1) is 8.99. The third-order valence-electron chi connectivity index (χ3n) is 4.53. The van der Waals surface area contributed by atoms with E-state index in [0.717, 1.165) is 23.3 Å². The Morgan fingerprint density at radius 2 is 1.73 bits per heavy atom. The third-order valence-corrected chi connectivity index (χ3v) is 5.43. The molecule has 5 heteroatoms. The van der Waals surface area contributed by atoms with Crippen LogP contribution in [0.2, 0.25) is 0 Å². The van der Waals surface area contributed by atoms with Gasteiger partial charge in [-0.3, -0.25) is 6.08 Å². The molecular weight excluding hydrogens is 367 g/mol. The number of hydrogen-bond acceptors (Lipinski definition) is 1. The summed E-state index contributed by atoms with van der Waals surface area (Å²) in [5.74, 6) is 0. The largest absolute Gasteiger partial charge is 3.00 e. The fourth-order valence-electron chi connectivity index (χ4n) is 2.65. The van der Waals surface area contributed by atoms with Crippen molar-refractivity contribution in [2.45, 2.75) is 39.2 Å². The van der Waals surface area contributed by atoms with Crippen LogP contribution in [0.4, 0.5) is 0 Å². The van der Waals surface area contributed by atoms with Crippen LogP contribution in [-0.2, 0) is 32.6 Å². The predicted octanol–water partition coefficient (Wildman–Crippen LogP) is -2.99. The van der Waals surface area contributed by atoms with Crippen LogP contribution < -0.4 is 24.8 Å². The van der Waals surface area contributed by atoms with Crippen LogP contribution in [0.3, 0.4) is 0 Å². The standard InChI is InChI=1S/C17H23OSi.2ClH.Ti/c1-16(2,15-11-7-8-12-15)17(3,18-19)13-14-9-5-4-6-10-14;;;/h4-7,9-11H,8,13H2,1-3,19H3;2*1H;/q-1;;;+3/p-2. The smallest absolute Gasteiger partial charge is 1.00 e. The van der Waals surface area contributed by atoms with Gasteiger partial charge in [-0.2, -0.15) is 6.08 Å². The van der Waals surface area contributed by atoms with Gasteiger partial charge in [0.2, 0.25) is 0 Å². The van der Waals surface area contributed by atoms with Crippen LogP contribution in [0.25, 0.3) is 0 Å². The second-order valence-corrected chi connectivity index (χ2v) is 6.33. The Hall–Kier alpha value is 0.171. The number of rotatable bonds is 5. The molecule has 1 aromatic carbocycles. The molecule has 0 saturated carbocycles. The zero-order valence-electron chi connectivity index (χ0n) is 13.6. The molecule has 0 aromatic heterocycles. The average molecular weight is 390 g/mol. The molecule has 1 aliphatic carbocycles. The average Bonchev–Trinajstić information content (AvgIpc) is 2.94. The van der Waals surface area contributed by atoms with E-state index >= 15 is 0 Å². The molecule has 0 saturated heterocycles. The Morgan fingerprint density at radius 3 is 2.18 bits per heavy atom. The molecule has 22 heavy (non-hydrogen) atoms. The number of allylic oxidation sites excluding steroid dienone is 3. The van der Waals surface area contributed by atoms with Crippen LogP contribution in [0, 0.1) is 11.5 Å². The Labute approximate surface area is 165 Å². The fourth-order valence-corrected chi connectivity index (χ4v) is 3.31. The van der Waals surface area contributed by atoms with Crippen molar-refractivity contribution in [3.8, 4) is 0 Å². The van der Waals surface area contributed by atoms with Gasteiger partial charge in [-0.25, -0.2) is 11.6 Å². The van der Waals surface area contributed by atoms with Gasteiger partial charge in [0.1, 0.15) is 10.5 Å². The van der Waals surface area contributed by atoms with E-state index in [9.17, 15) is 0 Å². The summed E-state index contributed by atoms with van der Waals surface area (Å²) in [7, 11) is 0.744. The Balaban J connectivity index is 0. The first-order valence-electron chi connectivity index (χ1n) is 6.86. The van der Waals surface area contributed by atoms with Crippen molar-refractivity contribution in [2.24, 2.45) is 5.41 Å². The molecule has 1 unspecified atom stereocenters. The summed E-state index contributed by atoms with van der Waals surface area (Å²) >= 11 is 0. The molecule has 0 spiro atoms. The van der Waals surface area contributed by atoms with E-state index in [2.05, 4.69) is 69.3 Å². The first kappa shape index (κ1) is 24.4. The van der Waals surface area contributed by atoms with Gasteiger partial charge < -0.3 is 29.2 Å². The fraction of sp³-hybridized carbons (Fsp3) is 0.412. The van der Waals surface area contributed by atoms with Crippen molar-refractivity contribution in [2.75, 3.05) is 0 Å². The Bertz CT molecular complexity index is 503. The van der Waals surface area contributed by atoms with Gasteiger partial charge in [-0.05, 0) is 17.9 Å². The quantitative estimate of drug-likeness (QED) is 0.385. The molecule has 1 aromatic rings. The van der Waals surface area contributed by atoms with Crippen LogP contribution in [0.1, 0.15) is 32.8 Å². The van der Waals surface area contributed by atoms with Gasteiger partial charge in [0.15, 0.2) is 0 Å². The summed E-state index contributed by atoms with van der Waals surface area (Å²) in [4.78, 5) is 0. The van der Waals surface area contributed by atoms with Gasteiger partial charge in [-0.1, -0.05) is 44.2 Å². The Kier molecular flexibility index (Phi) is 11.2. The van der Waals surface area contributed by atoms with Crippen molar-refractivity contribution in [1.82, 2.24) is 0 Å². The maximum atomic E-state index is 6.06. The molecule has 1 radical (unpaired) electrons. The minimum absolute atomic E-state index is 0. The van der Waals surface area contributed by atoms with E-state index in [1.54, 1.807) is 0 Å². The summed E-state index contributed by atoms with van der Waals surface area (Å²) < 4.78 is 6.06. The van der Waals surface area contributed by atoms with Crippen LogP contribution in [0.5, 0.6) is 0 Å². The summed E-state index contributed by atoms with van der Waals surface area (Å²) in [6.45, 7) is 6.77. The second kappa shape index (κ2) is 10.1. The van der Waals surface area contributed by atoms with Crippen molar-refractivity contribution >= 4 is 10.5 Å². The summed E-state index contributed by atoms with van der Waals surface area (Å²) in [6, 6.07) is 10.6. The van der Waals surface area contributed by atoms with Gasteiger partial charge in [-0.15, -0.1) is 6.42 Å². The maximum Gasteiger partial charge on any atom is 3.00 e. The molecule has 2 rings (SSSR count). The molecule has 0 N–H and O–H groups in total. The zero-order chi connectivity index (χ0) is 13.9. The van der Waals surface area contributed by atoms with Gasteiger partial charge in [0, 0.05) is 6.42 Å². The minimum Gasteiger partial charge on any atom is -1.00 e. The first-order valence-corrected chi connectivity index (χ1v) is 7.68. The van der Waals surface area contributed by atoms with Crippen molar-refractivity contribution in [3.05, 3.63) is 59.7 Å². The van der Waals surface area contributed by atoms with Crippen molar-refractivity contribution < 1.29 is 51.0 Å². The molecule has 1 nitrogen and oxygen atoms in total. The molecule has 0 aliphatic heterocycles. The van der Waals surface area contributed by atoms with E-state index < -0.39 is 0 Å². The SMILES string of the molecule is CC(Cc1ccccc1)(O[SiH3])C(C)(C)C1=[C-]CC=C1.[Cl-].[Cl-].[Ti+3]. The molecular formula is C17H23Cl2OSiTi. The second-order valence-electron chi connectivity index (χ2n) is 5.92. The van der Waals surface area contributed by atoms with Crippen molar-refractivity contribution in [3.63, 3.8) is 0 Å². The van der Waals surface area contributed by atoms with Crippen LogP contribution >= 0.6 is 0 Å². The topological polar surface area (TPSA) is 9.23 Å². The third kappa shape index (κ3) is 5.09. The molecule has 1 aliphatic rings. The van der Waals surface area contributed by atoms with E-state index in [4.69, 9.17) is 4.43 Å². The molecule has 0 amide bonds. The van der Waals surface area contributed by atoms with Crippen molar-refractivity contribution in [1.29, 1.82) is 0 Å². The van der Waals surface area contributed by atoms with Gasteiger partial charge >= 0.3 is 21.7 Å². The maximum absolute atomic E-state index is 6.06. The Morgan fingerprint density at radius 1 is 1.14 bits per heavy atom. The number of benzene rings is 1. The zero-order valence-corrected chi connectivity index (χ0v) is 18.7. The molecule has 1 atom stereocenters. The predicted molar refractivity (Wildman–Crippen MR) is 83.9 cm³/mol. The van der Waals surface area contributed by atoms with Crippen LogP contribution in [-0.4, -0.2) is 16.1 Å². The number of halogens is 2. The van der Waals surface area contributed by atoms with Gasteiger partial charge in [0.05, 0.1) is 5.60 Å².